The summed E-state index contributed by atoms with van der Waals surface area (Å²) >= 11 is 0. The Balaban J connectivity index is 1.40. The molecule has 0 saturated carbocycles. The van der Waals surface area contributed by atoms with Crippen molar-refractivity contribution in [2.24, 2.45) is 0 Å². The third-order valence-corrected chi connectivity index (χ3v) is 4.86. The fourth-order valence-corrected chi connectivity index (χ4v) is 3.19. The van der Waals surface area contributed by atoms with Crippen molar-refractivity contribution in [1.82, 2.24) is 10.2 Å². The molecule has 27 heavy (non-hydrogen) atoms. The van der Waals surface area contributed by atoms with Gasteiger partial charge in [-0.2, -0.15) is 0 Å². The summed E-state index contributed by atoms with van der Waals surface area (Å²) in [6.07, 6.45) is 2.79. The number of aryl methyl sites for hydroxylation is 1. The molecule has 1 aliphatic rings. The van der Waals surface area contributed by atoms with Crippen LogP contribution in [0, 0.1) is 0 Å². The molecule has 0 radical (unpaired) electrons. The van der Waals surface area contributed by atoms with Crippen molar-refractivity contribution in [3.05, 3.63) is 65.2 Å². The Morgan fingerprint density at radius 2 is 1.70 bits per heavy atom. The summed E-state index contributed by atoms with van der Waals surface area (Å²) in [5.74, 6) is 1.10. The quantitative estimate of drug-likeness (QED) is 0.781. The van der Waals surface area contributed by atoms with Gasteiger partial charge in [-0.3, -0.25) is 9.59 Å². The number of rotatable bonds is 8. The molecule has 0 bridgehead atoms. The molecule has 5 nitrogen and oxygen atoms in total. The molecule has 0 atom stereocenters. The van der Waals surface area contributed by atoms with Gasteiger partial charge in [0.05, 0.1) is 7.11 Å². The highest BCUT2D eigenvalue weighted by Gasteiger charge is 2.19. The number of hydrogen-bond donors (Lipinski definition) is 1. The van der Waals surface area contributed by atoms with Crippen LogP contribution in [0.15, 0.2) is 48.5 Å². The summed E-state index contributed by atoms with van der Waals surface area (Å²) in [6, 6.07) is 15.9. The molecule has 2 aromatic rings. The molecule has 1 N–H and O–H groups in total. The van der Waals surface area contributed by atoms with Crippen LogP contribution < -0.4 is 10.1 Å². The molecule has 1 fully saturated rings. The molecule has 0 unspecified atom stereocenters. The van der Waals surface area contributed by atoms with Crippen molar-refractivity contribution in [3.63, 3.8) is 0 Å². The highest BCUT2D eigenvalue weighted by Crippen LogP contribution is 2.15. The number of nitrogens with one attached hydrogen (secondary N) is 1. The second-order valence-electron chi connectivity index (χ2n) is 6.86. The van der Waals surface area contributed by atoms with Crippen molar-refractivity contribution in [2.45, 2.75) is 38.8 Å². The first-order valence-corrected chi connectivity index (χ1v) is 9.39. The number of carbonyl (C=O) groups excluding carboxylic acids is 2. The minimum atomic E-state index is 0.0394. The molecule has 0 spiro atoms. The van der Waals surface area contributed by atoms with Gasteiger partial charge in [0.2, 0.25) is 11.8 Å². The van der Waals surface area contributed by atoms with E-state index in [4.69, 9.17) is 4.74 Å². The molecule has 1 aliphatic heterocycles. The molecule has 0 aromatic heterocycles. The predicted octanol–water partition coefficient (Wildman–Crippen LogP) is 3.07. The molecule has 2 aromatic carbocycles. The standard InChI is InChI=1S/C22H26N2O3/c1-27-20-11-8-17(9-12-20)10-13-21(25)23-15-18-4-6-19(7-5-18)16-24-14-2-3-22(24)26/h4-9,11-12H,2-3,10,13-16H2,1H3,(H,23,25). The first-order chi connectivity index (χ1) is 13.1. The highest BCUT2D eigenvalue weighted by atomic mass is 16.5. The van der Waals surface area contributed by atoms with Gasteiger partial charge in [-0.1, -0.05) is 36.4 Å². The Labute approximate surface area is 160 Å². The minimum absolute atomic E-state index is 0.0394. The largest absolute Gasteiger partial charge is 0.497 e. The van der Waals surface area contributed by atoms with Gasteiger partial charge in [-0.05, 0) is 41.7 Å². The van der Waals surface area contributed by atoms with E-state index in [-0.39, 0.29) is 11.8 Å². The number of benzene rings is 2. The van der Waals surface area contributed by atoms with E-state index in [1.165, 1.54) is 0 Å². The number of carbonyl (C=O) groups is 2. The van der Waals surface area contributed by atoms with Gasteiger partial charge in [0, 0.05) is 32.5 Å². The van der Waals surface area contributed by atoms with Crippen LogP contribution in [-0.4, -0.2) is 30.4 Å². The van der Waals surface area contributed by atoms with Crippen LogP contribution in [-0.2, 0) is 29.1 Å². The molecule has 5 heteroatoms. The number of nitrogens with zero attached hydrogens (tertiary/aromatic N) is 1. The number of hydrogen-bond acceptors (Lipinski definition) is 3. The fourth-order valence-electron chi connectivity index (χ4n) is 3.19. The van der Waals surface area contributed by atoms with Crippen LogP contribution in [0.4, 0.5) is 0 Å². The zero-order valence-corrected chi connectivity index (χ0v) is 15.7. The van der Waals surface area contributed by atoms with Gasteiger partial charge >= 0.3 is 0 Å². The summed E-state index contributed by atoms with van der Waals surface area (Å²) in [5.41, 5.74) is 3.30. The highest BCUT2D eigenvalue weighted by molar-refractivity contribution is 5.78. The molecule has 1 saturated heterocycles. The zero-order valence-electron chi connectivity index (χ0n) is 15.7. The van der Waals surface area contributed by atoms with Gasteiger partial charge in [0.1, 0.15) is 5.75 Å². The number of likely N-dealkylation sites (tertiary alicyclic amines) is 1. The number of methoxy groups -OCH3 is 1. The Morgan fingerprint density at radius 1 is 1.04 bits per heavy atom. The summed E-state index contributed by atoms with van der Waals surface area (Å²) in [4.78, 5) is 25.7. The Morgan fingerprint density at radius 3 is 2.33 bits per heavy atom. The first-order valence-electron chi connectivity index (χ1n) is 9.39. The molecule has 3 rings (SSSR count). The lowest BCUT2D eigenvalue weighted by molar-refractivity contribution is -0.128. The Kier molecular flexibility index (Phi) is 6.47. The smallest absolute Gasteiger partial charge is 0.222 e. The SMILES string of the molecule is COc1ccc(CCC(=O)NCc2ccc(CN3CCCC3=O)cc2)cc1. The molecule has 142 valence electrons. The van der Waals surface area contributed by atoms with E-state index >= 15 is 0 Å². The average molecular weight is 366 g/mol. The van der Waals surface area contributed by atoms with Gasteiger partial charge < -0.3 is 15.0 Å². The molecule has 2 amide bonds. The molecule has 0 aliphatic carbocycles. The Hall–Kier alpha value is -2.82. The maximum absolute atomic E-state index is 12.1. The summed E-state index contributed by atoms with van der Waals surface area (Å²) in [6.45, 7) is 2.04. The summed E-state index contributed by atoms with van der Waals surface area (Å²) in [5, 5.41) is 2.96. The first kappa shape index (κ1) is 19.0. The van der Waals surface area contributed by atoms with E-state index in [0.29, 0.717) is 32.4 Å². The van der Waals surface area contributed by atoms with Gasteiger partial charge in [-0.15, -0.1) is 0 Å². The number of ether oxygens (including phenoxy) is 1. The maximum atomic E-state index is 12.1. The van der Waals surface area contributed by atoms with Crippen molar-refractivity contribution in [2.75, 3.05) is 13.7 Å². The van der Waals surface area contributed by atoms with Crippen LogP contribution in [0.3, 0.4) is 0 Å². The normalized spacial score (nSPS) is 13.7. The third-order valence-electron chi connectivity index (χ3n) is 4.86. The van der Waals surface area contributed by atoms with Gasteiger partial charge in [-0.25, -0.2) is 0 Å². The van der Waals surface area contributed by atoms with Crippen molar-refractivity contribution in [3.8, 4) is 5.75 Å². The zero-order chi connectivity index (χ0) is 19.1. The lowest BCUT2D eigenvalue weighted by Gasteiger charge is -2.15. The monoisotopic (exact) mass is 366 g/mol. The topological polar surface area (TPSA) is 58.6 Å². The van der Waals surface area contributed by atoms with Gasteiger partial charge in [0.15, 0.2) is 0 Å². The summed E-state index contributed by atoms with van der Waals surface area (Å²) < 4.78 is 5.13. The molecular weight excluding hydrogens is 340 g/mol. The van der Waals surface area contributed by atoms with E-state index < -0.39 is 0 Å². The van der Waals surface area contributed by atoms with Crippen molar-refractivity contribution in [1.29, 1.82) is 0 Å². The average Bonchev–Trinajstić information content (AvgIpc) is 3.10. The van der Waals surface area contributed by atoms with Crippen LogP contribution >= 0.6 is 0 Å². The lowest BCUT2D eigenvalue weighted by Crippen LogP contribution is -2.24. The van der Waals surface area contributed by atoms with Crippen LogP contribution in [0.1, 0.15) is 36.0 Å². The van der Waals surface area contributed by atoms with Crippen molar-refractivity contribution < 1.29 is 14.3 Å². The van der Waals surface area contributed by atoms with Crippen molar-refractivity contribution >= 4 is 11.8 Å². The van der Waals surface area contributed by atoms with E-state index in [0.717, 1.165) is 35.4 Å². The lowest BCUT2D eigenvalue weighted by atomic mass is 10.1. The second kappa shape index (κ2) is 9.21. The van der Waals surface area contributed by atoms with Gasteiger partial charge in [0.25, 0.3) is 0 Å². The molecular formula is C22H26N2O3. The maximum Gasteiger partial charge on any atom is 0.222 e. The van der Waals surface area contributed by atoms with E-state index in [2.05, 4.69) is 5.32 Å². The van der Waals surface area contributed by atoms with E-state index in [9.17, 15) is 9.59 Å². The van der Waals surface area contributed by atoms with Crippen LogP contribution in [0.5, 0.6) is 5.75 Å². The van der Waals surface area contributed by atoms with Crippen LogP contribution in [0.25, 0.3) is 0 Å². The second-order valence-corrected chi connectivity index (χ2v) is 6.86. The number of amides is 2. The minimum Gasteiger partial charge on any atom is -0.497 e. The van der Waals surface area contributed by atoms with E-state index in [1.54, 1.807) is 7.11 Å². The fraction of sp³-hybridized carbons (Fsp3) is 0.364. The molecule has 1 heterocycles. The van der Waals surface area contributed by atoms with E-state index in [1.807, 2.05) is 53.4 Å². The van der Waals surface area contributed by atoms with Crippen LogP contribution in [0.2, 0.25) is 0 Å². The predicted molar refractivity (Wildman–Crippen MR) is 104 cm³/mol. The Bertz CT molecular complexity index is 769. The third kappa shape index (κ3) is 5.58. The summed E-state index contributed by atoms with van der Waals surface area (Å²) in [7, 11) is 1.64.